The topological polar surface area (TPSA) is 29.4 Å². The SMILES string of the molecule is C=NC(=O)c1cc(C(F)(F)F)ccc1Cl. The molecule has 1 rings (SSSR count). The van der Waals surface area contributed by atoms with E-state index >= 15 is 0 Å². The number of nitrogens with zero attached hydrogens (tertiary/aromatic N) is 1. The molecule has 1 amide bonds. The van der Waals surface area contributed by atoms with Crippen molar-refractivity contribution in [2.75, 3.05) is 0 Å². The van der Waals surface area contributed by atoms with Gasteiger partial charge < -0.3 is 0 Å². The number of carbonyl (C=O) groups is 1. The average Bonchev–Trinajstić information content (AvgIpc) is 2.15. The number of halogens is 4. The number of hydrogen-bond acceptors (Lipinski definition) is 1. The van der Waals surface area contributed by atoms with Crippen LogP contribution in [0.25, 0.3) is 0 Å². The molecule has 0 fully saturated rings. The van der Waals surface area contributed by atoms with E-state index in [1.807, 2.05) is 0 Å². The standard InChI is InChI=1S/C9H5ClF3NO/c1-14-8(15)6-4-5(9(11,12)13)2-3-7(6)10/h2-4H,1H2. The lowest BCUT2D eigenvalue weighted by atomic mass is 10.1. The number of rotatable bonds is 1. The molecule has 0 unspecified atom stereocenters. The maximum atomic E-state index is 12.3. The maximum Gasteiger partial charge on any atom is 0.416 e. The summed E-state index contributed by atoms with van der Waals surface area (Å²) in [4.78, 5) is 14.0. The third-order valence-corrected chi connectivity index (χ3v) is 2.00. The minimum Gasteiger partial charge on any atom is -0.267 e. The summed E-state index contributed by atoms with van der Waals surface area (Å²) in [6.45, 7) is 2.93. The highest BCUT2D eigenvalue weighted by atomic mass is 35.5. The predicted octanol–water partition coefficient (Wildman–Crippen LogP) is 3.20. The molecule has 1 aromatic rings. The lowest BCUT2D eigenvalue weighted by Gasteiger charge is -2.08. The van der Waals surface area contributed by atoms with E-state index in [1.54, 1.807) is 0 Å². The molecule has 0 spiro atoms. The van der Waals surface area contributed by atoms with Crippen molar-refractivity contribution in [3.8, 4) is 0 Å². The Kier molecular flexibility index (Phi) is 3.14. The Morgan fingerprint density at radius 3 is 2.47 bits per heavy atom. The largest absolute Gasteiger partial charge is 0.416 e. The fourth-order valence-electron chi connectivity index (χ4n) is 0.951. The number of amides is 1. The second-order valence-electron chi connectivity index (χ2n) is 2.66. The highest BCUT2D eigenvalue weighted by molar-refractivity contribution is 6.34. The summed E-state index contributed by atoms with van der Waals surface area (Å²) in [5.41, 5.74) is -1.25. The van der Waals surface area contributed by atoms with E-state index in [9.17, 15) is 18.0 Å². The summed E-state index contributed by atoms with van der Waals surface area (Å²) in [6, 6.07) is 2.45. The van der Waals surface area contributed by atoms with Crippen LogP contribution in [0.15, 0.2) is 23.2 Å². The van der Waals surface area contributed by atoms with Gasteiger partial charge in [-0.1, -0.05) is 11.6 Å². The Labute approximate surface area is 88.4 Å². The van der Waals surface area contributed by atoms with Gasteiger partial charge in [0.2, 0.25) is 0 Å². The van der Waals surface area contributed by atoms with Crippen LogP contribution in [0.3, 0.4) is 0 Å². The third-order valence-electron chi connectivity index (χ3n) is 1.67. The van der Waals surface area contributed by atoms with Gasteiger partial charge >= 0.3 is 6.18 Å². The van der Waals surface area contributed by atoms with Crippen LogP contribution in [-0.2, 0) is 6.18 Å². The van der Waals surface area contributed by atoms with Crippen LogP contribution < -0.4 is 0 Å². The molecule has 0 atom stereocenters. The normalized spacial score (nSPS) is 11.2. The van der Waals surface area contributed by atoms with Crippen molar-refractivity contribution >= 4 is 24.2 Å². The molecule has 0 aliphatic heterocycles. The van der Waals surface area contributed by atoms with Gasteiger partial charge in [0.1, 0.15) is 0 Å². The summed E-state index contributed by atoms with van der Waals surface area (Å²) >= 11 is 5.54. The highest BCUT2D eigenvalue weighted by Gasteiger charge is 2.31. The fraction of sp³-hybridized carbons (Fsp3) is 0.111. The zero-order chi connectivity index (χ0) is 11.6. The zero-order valence-electron chi connectivity index (χ0n) is 7.31. The minimum atomic E-state index is -4.51. The molecule has 0 heterocycles. The second kappa shape index (κ2) is 4.02. The molecule has 0 aliphatic rings. The number of hydrogen-bond donors (Lipinski definition) is 0. The number of aliphatic imine (C=N–C) groups is 1. The van der Waals surface area contributed by atoms with E-state index in [1.165, 1.54) is 0 Å². The van der Waals surface area contributed by atoms with Gasteiger partial charge in [0.25, 0.3) is 5.91 Å². The van der Waals surface area contributed by atoms with Gasteiger partial charge in [-0.25, -0.2) is 4.99 Å². The maximum absolute atomic E-state index is 12.3. The van der Waals surface area contributed by atoms with Crippen LogP contribution >= 0.6 is 11.6 Å². The van der Waals surface area contributed by atoms with Crippen LogP contribution in [-0.4, -0.2) is 12.6 Å². The monoisotopic (exact) mass is 235 g/mol. The molecular formula is C9H5ClF3NO. The Morgan fingerprint density at radius 2 is 2.00 bits per heavy atom. The molecule has 0 N–H and O–H groups in total. The summed E-state index contributed by atoms with van der Waals surface area (Å²) in [6.07, 6.45) is -4.51. The van der Waals surface area contributed by atoms with Crippen molar-refractivity contribution in [1.82, 2.24) is 0 Å². The van der Waals surface area contributed by atoms with Crippen LogP contribution in [0.5, 0.6) is 0 Å². The molecule has 0 aliphatic carbocycles. The number of carbonyl (C=O) groups excluding carboxylic acids is 1. The van der Waals surface area contributed by atoms with Gasteiger partial charge in [0.15, 0.2) is 0 Å². The van der Waals surface area contributed by atoms with Crippen LogP contribution in [0, 0.1) is 0 Å². The van der Waals surface area contributed by atoms with Crippen molar-refractivity contribution < 1.29 is 18.0 Å². The van der Waals surface area contributed by atoms with E-state index in [-0.39, 0.29) is 10.6 Å². The Balaban J connectivity index is 3.29. The molecule has 0 aromatic heterocycles. The van der Waals surface area contributed by atoms with E-state index in [0.29, 0.717) is 6.07 Å². The highest BCUT2D eigenvalue weighted by Crippen LogP contribution is 2.31. The zero-order valence-corrected chi connectivity index (χ0v) is 8.06. The van der Waals surface area contributed by atoms with E-state index in [0.717, 1.165) is 12.1 Å². The van der Waals surface area contributed by atoms with Crippen LogP contribution in [0.4, 0.5) is 13.2 Å². The lowest BCUT2D eigenvalue weighted by molar-refractivity contribution is -0.137. The molecule has 1 aromatic carbocycles. The van der Waals surface area contributed by atoms with Crippen molar-refractivity contribution in [3.05, 3.63) is 34.3 Å². The first-order valence-corrected chi connectivity index (χ1v) is 4.12. The van der Waals surface area contributed by atoms with Gasteiger partial charge in [-0.2, -0.15) is 13.2 Å². The molecule has 2 nitrogen and oxygen atoms in total. The van der Waals surface area contributed by atoms with E-state index in [2.05, 4.69) is 11.7 Å². The van der Waals surface area contributed by atoms with E-state index in [4.69, 9.17) is 11.6 Å². The lowest BCUT2D eigenvalue weighted by Crippen LogP contribution is -2.07. The predicted molar refractivity (Wildman–Crippen MR) is 50.3 cm³/mol. The molecule has 15 heavy (non-hydrogen) atoms. The molecule has 6 heteroatoms. The van der Waals surface area contributed by atoms with Crippen molar-refractivity contribution in [1.29, 1.82) is 0 Å². The number of benzene rings is 1. The fourth-order valence-corrected chi connectivity index (χ4v) is 1.15. The van der Waals surface area contributed by atoms with Crippen molar-refractivity contribution in [2.45, 2.75) is 6.18 Å². The van der Waals surface area contributed by atoms with Gasteiger partial charge in [-0.15, -0.1) is 0 Å². The first-order chi connectivity index (χ1) is 6.86. The first kappa shape index (κ1) is 11.7. The van der Waals surface area contributed by atoms with Gasteiger partial charge in [0, 0.05) is 0 Å². The average molecular weight is 236 g/mol. The smallest absolute Gasteiger partial charge is 0.267 e. The Bertz CT molecular complexity index is 414. The second-order valence-corrected chi connectivity index (χ2v) is 3.06. The molecule has 0 saturated carbocycles. The third kappa shape index (κ3) is 2.56. The van der Waals surface area contributed by atoms with Gasteiger partial charge in [-0.3, -0.25) is 4.79 Å². The Hall–Kier alpha value is -1.36. The quantitative estimate of drug-likeness (QED) is 0.688. The summed E-state index contributed by atoms with van der Waals surface area (Å²) in [7, 11) is 0. The van der Waals surface area contributed by atoms with Crippen LogP contribution in [0.2, 0.25) is 5.02 Å². The van der Waals surface area contributed by atoms with Crippen molar-refractivity contribution in [2.24, 2.45) is 4.99 Å². The molecule has 0 radical (unpaired) electrons. The Morgan fingerprint density at radius 1 is 1.40 bits per heavy atom. The molecule has 0 bridgehead atoms. The van der Waals surface area contributed by atoms with E-state index < -0.39 is 17.6 Å². The van der Waals surface area contributed by atoms with Gasteiger partial charge in [-0.05, 0) is 24.9 Å². The molecule has 80 valence electrons. The summed E-state index contributed by atoms with van der Waals surface area (Å²) < 4.78 is 36.8. The minimum absolute atomic E-state index is 0.0830. The summed E-state index contributed by atoms with van der Waals surface area (Å²) in [5.74, 6) is -0.883. The van der Waals surface area contributed by atoms with Crippen molar-refractivity contribution in [3.63, 3.8) is 0 Å². The first-order valence-electron chi connectivity index (χ1n) is 3.74. The number of alkyl halides is 3. The van der Waals surface area contributed by atoms with Gasteiger partial charge in [0.05, 0.1) is 16.1 Å². The van der Waals surface area contributed by atoms with Crippen LogP contribution in [0.1, 0.15) is 15.9 Å². The molecular weight excluding hydrogens is 231 g/mol. The summed E-state index contributed by atoms with van der Waals surface area (Å²) in [5, 5.41) is -0.0830. The molecule has 0 saturated heterocycles.